The number of ether oxygens (including phenoxy) is 1. The summed E-state index contributed by atoms with van der Waals surface area (Å²) in [5.41, 5.74) is -1.74. The summed E-state index contributed by atoms with van der Waals surface area (Å²) in [5.74, 6) is 0.188. The van der Waals surface area contributed by atoms with Crippen molar-refractivity contribution >= 4 is 22.9 Å². The first-order chi connectivity index (χ1) is 15.7. The first-order valence-corrected chi connectivity index (χ1v) is 11.1. The Balaban J connectivity index is 1.64. The Morgan fingerprint density at radius 3 is 2.48 bits per heavy atom. The topological polar surface area (TPSA) is 80.1 Å². The molecule has 1 fully saturated rings. The van der Waals surface area contributed by atoms with Crippen LogP contribution in [0.4, 0.5) is 18.0 Å². The van der Waals surface area contributed by atoms with E-state index in [4.69, 9.17) is 9.15 Å². The number of carbonyl (C=O) groups is 2. The van der Waals surface area contributed by atoms with Crippen molar-refractivity contribution < 1.29 is 31.9 Å². The molecule has 1 aliphatic heterocycles. The molecular weight excluding hydrogens is 441 g/mol. The van der Waals surface area contributed by atoms with Gasteiger partial charge >= 0.3 is 17.8 Å². The van der Waals surface area contributed by atoms with E-state index in [2.05, 4.69) is 0 Å². The first-order valence-electron chi connectivity index (χ1n) is 11.1. The minimum atomic E-state index is -4.67. The third-order valence-electron chi connectivity index (χ3n) is 5.57. The molecule has 0 saturated carbocycles. The van der Waals surface area contributed by atoms with Gasteiger partial charge in [0.15, 0.2) is 0 Å². The Hall–Kier alpha value is -3.04. The summed E-state index contributed by atoms with van der Waals surface area (Å²) >= 11 is 0. The number of urea groups is 1. The molecule has 3 rings (SSSR count). The largest absolute Gasteiger partial charge is 0.493 e. The van der Waals surface area contributed by atoms with Crippen LogP contribution >= 0.6 is 0 Å². The lowest BCUT2D eigenvalue weighted by molar-refractivity contribution is -0.136. The molecule has 180 valence electrons. The van der Waals surface area contributed by atoms with Gasteiger partial charge in [0, 0.05) is 30.1 Å². The summed E-state index contributed by atoms with van der Waals surface area (Å²) in [6.07, 6.45) is -1.70. The molecule has 0 unspecified atom stereocenters. The minimum absolute atomic E-state index is 0.0966. The van der Waals surface area contributed by atoms with Crippen LogP contribution < -0.4 is 10.4 Å². The smallest absolute Gasteiger partial charge is 0.417 e. The van der Waals surface area contributed by atoms with Crippen molar-refractivity contribution in [1.82, 2.24) is 9.80 Å². The van der Waals surface area contributed by atoms with E-state index in [9.17, 15) is 27.6 Å². The number of halogens is 3. The van der Waals surface area contributed by atoms with Crippen LogP contribution in [0.25, 0.3) is 11.0 Å². The standard InChI is InChI=1S/C23H27F3N2O5/c1-3-8-16-18(10-9-15-17(23(24,25)26)13-20(30)33-21(15)16)32-12-7-5-6-11-28-19(29)14-27(4-2)22(28)31/h9-10,13H,3-8,11-12,14H2,1-2H3. The van der Waals surface area contributed by atoms with E-state index in [1.807, 2.05) is 13.8 Å². The molecule has 0 N–H and O–H groups in total. The Kier molecular flexibility index (Phi) is 7.65. The van der Waals surface area contributed by atoms with Crippen LogP contribution in [0.3, 0.4) is 0 Å². The maximum atomic E-state index is 13.4. The molecule has 0 aliphatic carbocycles. The number of alkyl halides is 3. The van der Waals surface area contributed by atoms with Crippen LogP contribution in [0, 0.1) is 0 Å². The van der Waals surface area contributed by atoms with E-state index in [1.165, 1.54) is 21.9 Å². The fourth-order valence-electron chi connectivity index (χ4n) is 3.91. The molecule has 0 atom stereocenters. The van der Waals surface area contributed by atoms with Gasteiger partial charge in [-0.05, 0) is 44.7 Å². The molecule has 1 aromatic heterocycles. The van der Waals surface area contributed by atoms with Gasteiger partial charge < -0.3 is 14.1 Å². The number of carbonyl (C=O) groups excluding carboxylic acids is 2. The van der Waals surface area contributed by atoms with E-state index in [1.54, 1.807) is 0 Å². The van der Waals surface area contributed by atoms with Crippen LogP contribution in [0.1, 0.15) is 50.7 Å². The number of nitrogens with zero attached hydrogens (tertiary/aromatic N) is 2. The molecule has 1 aromatic carbocycles. The van der Waals surface area contributed by atoms with E-state index in [0.717, 1.165) is 0 Å². The summed E-state index contributed by atoms with van der Waals surface area (Å²) in [4.78, 5) is 38.5. The number of rotatable bonds is 10. The predicted octanol–water partition coefficient (Wildman–Crippen LogP) is 4.60. The molecule has 0 spiro atoms. The minimum Gasteiger partial charge on any atom is -0.493 e. The number of likely N-dealkylation sites (N-methyl/N-ethyl adjacent to an activating group) is 1. The first kappa shape index (κ1) is 24.6. The SMILES string of the molecule is CCCc1c(OCCCCCN2C(=O)CN(CC)C2=O)ccc2c(C(F)(F)F)cc(=O)oc12. The van der Waals surface area contributed by atoms with Crippen molar-refractivity contribution in [2.45, 2.75) is 52.1 Å². The van der Waals surface area contributed by atoms with Gasteiger partial charge in [0.25, 0.3) is 0 Å². The third kappa shape index (κ3) is 5.48. The van der Waals surface area contributed by atoms with Crippen molar-refractivity contribution in [1.29, 1.82) is 0 Å². The molecule has 2 aromatic rings. The lowest BCUT2D eigenvalue weighted by Crippen LogP contribution is -2.33. The zero-order chi connectivity index (χ0) is 24.2. The molecule has 7 nitrogen and oxygen atoms in total. The van der Waals surface area contributed by atoms with Crippen molar-refractivity contribution in [2.75, 3.05) is 26.2 Å². The molecule has 2 heterocycles. The highest BCUT2D eigenvalue weighted by molar-refractivity contribution is 6.01. The highest BCUT2D eigenvalue weighted by atomic mass is 19.4. The van der Waals surface area contributed by atoms with Gasteiger partial charge in [-0.15, -0.1) is 0 Å². The summed E-state index contributed by atoms with van der Waals surface area (Å²) in [5, 5.41) is -0.168. The molecule has 33 heavy (non-hydrogen) atoms. The summed E-state index contributed by atoms with van der Waals surface area (Å²) < 4.78 is 51.1. The van der Waals surface area contributed by atoms with Gasteiger partial charge in [0.2, 0.25) is 5.91 Å². The van der Waals surface area contributed by atoms with E-state index in [0.29, 0.717) is 69.2 Å². The van der Waals surface area contributed by atoms with Crippen LogP contribution in [0.5, 0.6) is 5.75 Å². The molecule has 1 aliphatic rings. The van der Waals surface area contributed by atoms with E-state index >= 15 is 0 Å². The molecule has 0 radical (unpaired) electrons. The van der Waals surface area contributed by atoms with E-state index < -0.39 is 17.4 Å². The number of amides is 3. The predicted molar refractivity (Wildman–Crippen MR) is 115 cm³/mol. The fraction of sp³-hybridized carbons (Fsp3) is 0.522. The Morgan fingerprint density at radius 1 is 1.09 bits per heavy atom. The van der Waals surface area contributed by atoms with Crippen LogP contribution in [-0.4, -0.2) is 48.0 Å². The fourth-order valence-corrected chi connectivity index (χ4v) is 3.91. The molecule has 3 amide bonds. The van der Waals surface area contributed by atoms with Gasteiger partial charge in [-0.2, -0.15) is 13.2 Å². The number of imide groups is 1. The normalized spacial score (nSPS) is 14.6. The molecule has 0 bridgehead atoms. The number of hydrogen-bond donors (Lipinski definition) is 0. The van der Waals surface area contributed by atoms with Gasteiger partial charge in [0.1, 0.15) is 17.9 Å². The number of fused-ring (bicyclic) bond motifs is 1. The average molecular weight is 468 g/mol. The number of hydrogen-bond acceptors (Lipinski definition) is 5. The lowest BCUT2D eigenvalue weighted by Gasteiger charge is -2.16. The van der Waals surface area contributed by atoms with Crippen molar-refractivity contribution in [3.63, 3.8) is 0 Å². The second kappa shape index (κ2) is 10.3. The Labute approximate surface area is 189 Å². The summed E-state index contributed by atoms with van der Waals surface area (Å²) in [6, 6.07) is 2.94. The Bertz CT molecular complexity index is 1080. The van der Waals surface area contributed by atoms with E-state index in [-0.39, 0.29) is 29.5 Å². The second-order valence-corrected chi connectivity index (χ2v) is 7.90. The monoisotopic (exact) mass is 468 g/mol. The zero-order valence-electron chi connectivity index (χ0n) is 18.7. The van der Waals surface area contributed by atoms with Gasteiger partial charge in [0.05, 0.1) is 12.2 Å². The Morgan fingerprint density at radius 2 is 1.85 bits per heavy atom. The van der Waals surface area contributed by atoms with Crippen molar-refractivity contribution in [3.05, 3.63) is 39.7 Å². The summed E-state index contributed by atoms with van der Waals surface area (Å²) in [6.45, 7) is 4.94. The summed E-state index contributed by atoms with van der Waals surface area (Å²) in [7, 11) is 0. The van der Waals surface area contributed by atoms with Crippen LogP contribution in [0.2, 0.25) is 0 Å². The van der Waals surface area contributed by atoms with Crippen molar-refractivity contribution in [3.8, 4) is 5.75 Å². The number of aryl methyl sites for hydroxylation is 1. The lowest BCUT2D eigenvalue weighted by atomic mass is 10.0. The zero-order valence-corrected chi connectivity index (χ0v) is 18.7. The van der Waals surface area contributed by atoms with Crippen LogP contribution in [-0.2, 0) is 17.4 Å². The highest BCUT2D eigenvalue weighted by Gasteiger charge is 2.35. The quantitative estimate of drug-likeness (QED) is 0.289. The van der Waals surface area contributed by atoms with Gasteiger partial charge in [-0.3, -0.25) is 9.69 Å². The highest BCUT2D eigenvalue weighted by Crippen LogP contribution is 2.37. The second-order valence-electron chi connectivity index (χ2n) is 7.90. The van der Waals surface area contributed by atoms with Gasteiger partial charge in [-0.1, -0.05) is 13.3 Å². The number of unbranched alkanes of at least 4 members (excludes halogenated alkanes) is 2. The number of benzene rings is 1. The maximum Gasteiger partial charge on any atom is 0.417 e. The molecule has 1 saturated heterocycles. The van der Waals surface area contributed by atoms with Crippen LogP contribution in [0.15, 0.2) is 27.4 Å². The maximum absolute atomic E-state index is 13.4. The van der Waals surface area contributed by atoms with Crippen molar-refractivity contribution in [2.24, 2.45) is 0 Å². The third-order valence-corrected chi connectivity index (χ3v) is 5.57. The molecule has 10 heteroatoms. The molecular formula is C23H27F3N2O5. The average Bonchev–Trinajstić information content (AvgIpc) is 3.03. The van der Waals surface area contributed by atoms with Gasteiger partial charge in [-0.25, -0.2) is 9.59 Å².